The topological polar surface area (TPSA) is 208 Å². The van der Waals surface area contributed by atoms with Crippen molar-refractivity contribution in [3.05, 3.63) is 58.4 Å². The van der Waals surface area contributed by atoms with Gasteiger partial charge in [-0.1, -0.05) is 6.07 Å². The zero-order chi connectivity index (χ0) is 27.9. The predicted octanol–water partition coefficient (Wildman–Crippen LogP) is -1.19. The van der Waals surface area contributed by atoms with Crippen LogP contribution in [0.3, 0.4) is 0 Å². The van der Waals surface area contributed by atoms with Crippen molar-refractivity contribution in [3.63, 3.8) is 0 Å². The van der Waals surface area contributed by atoms with Crippen LogP contribution in [0.2, 0.25) is 0 Å². The fourth-order valence-electron chi connectivity index (χ4n) is 3.74. The van der Waals surface area contributed by atoms with Gasteiger partial charge >= 0.3 is 5.97 Å². The second-order valence-electron chi connectivity index (χ2n) is 9.41. The van der Waals surface area contributed by atoms with E-state index < -0.39 is 48.5 Å². The number of hydrogen-bond donors (Lipinski definition) is 8. The molecule has 2 heterocycles. The summed E-state index contributed by atoms with van der Waals surface area (Å²) in [4.78, 5) is 40.9. The standard InChI is InChI=1S/C25H31N7O6/c1-25(2,38)17-4-14(8-26)3-15(5-17)20(7-22(35)36)32-21(34)13-28-23(37)16-6-18(10-27-9-16)31-24-29-11-19(33)12-30-24/h3-6,10,19-20,27,33,38H,7,9,11-13H2,1-2H3,(H,28,37)(H,32,34)(H,35,36)(H2,29,30,31)/t20-/m0/s1. The Morgan fingerprint density at radius 3 is 2.68 bits per heavy atom. The molecule has 8 N–H and O–H groups in total. The van der Waals surface area contributed by atoms with Gasteiger partial charge in [-0.25, -0.2) is 0 Å². The lowest BCUT2D eigenvalue weighted by molar-refractivity contribution is -0.138. The molecule has 2 atom stereocenters. The van der Waals surface area contributed by atoms with Crippen molar-refractivity contribution < 1.29 is 29.7 Å². The molecule has 13 heteroatoms. The number of carboxylic acids is 1. The van der Waals surface area contributed by atoms with Crippen LogP contribution in [0.25, 0.3) is 0 Å². The molecule has 2 amide bonds. The molecule has 0 radical (unpaired) electrons. The summed E-state index contributed by atoms with van der Waals surface area (Å²) in [6, 6.07) is 5.46. The van der Waals surface area contributed by atoms with Gasteiger partial charge in [0.2, 0.25) is 11.8 Å². The number of carboxylic acid groups (broad SMARTS) is 1. The lowest BCUT2D eigenvalue weighted by atomic mass is 9.91. The minimum Gasteiger partial charge on any atom is -0.481 e. The summed E-state index contributed by atoms with van der Waals surface area (Å²) in [5.74, 6) is -1.85. The van der Waals surface area contributed by atoms with Crippen molar-refractivity contribution in [2.24, 2.45) is 4.99 Å². The first-order chi connectivity index (χ1) is 17.9. The maximum absolute atomic E-state index is 12.7. The number of aliphatic hydroxyl groups is 2. The second-order valence-corrected chi connectivity index (χ2v) is 9.41. The zero-order valence-corrected chi connectivity index (χ0v) is 21.0. The van der Waals surface area contributed by atoms with E-state index in [-0.39, 0.29) is 18.7 Å². The van der Waals surface area contributed by atoms with E-state index in [1.54, 1.807) is 18.3 Å². The van der Waals surface area contributed by atoms with Gasteiger partial charge in [-0.3, -0.25) is 19.4 Å². The van der Waals surface area contributed by atoms with Crippen molar-refractivity contribution in [2.45, 2.75) is 38.0 Å². The molecule has 0 saturated heterocycles. The van der Waals surface area contributed by atoms with E-state index in [2.05, 4.69) is 31.6 Å². The van der Waals surface area contributed by atoms with E-state index in [1.165, 1.54) is 26.0 Å². The molecule has 13 nitrogen and oxygen atoms in total. The number of rotatable bonds is 9. The van der Waals surface area contributed by atoms with Crippen LogP contribution in [0.4, 0.5) is 0 Å². The van der Waals surface area contributed by atoms with Crippen LogP contribution >= 0.6 is 0 Å². The summed E-state index contributed by atoms with van der Waals surface area (Å²) in [6.45, 7) is 3.47. The first-order valence-electron chi connectivity index (χ1n) is 11.9. The van der Waals surface area contributed by atoms with Crippen LogP contribution in [-0.2, 0) is 20.0 Å². The van der Waals surface area contributed by atoms with Crippen LogP contribution in [0.15, 0.2) is 46.7 Å². The number of nitriles is 1. The molecule has 3 rings (SSSR count). The number of nitrogens with one attached hydrogen (secondary N) is 5. The van der Waals surface area contributed by atoms with E-state index in [1.807, 2.05) is 6.07 Å². The number of dihydropyridines is 1. The summed E-state index contributed by atoms with van der Waals surface area (Å²) in [5.41, 5.74) is 0.544. The van der Waals surface area contributed by atoms with Crippen molar-refractivity contribution in [2.75, 3.05) is 26.2 Å². The number of aliphatic imine (C=N–C) groups is 1. The lowest BCUT2D eigenvalue weighted by Crippen LogP contribution is -2.46. The monoisotopic (exact) mass is 525 g/mol. The number of amides is 2. The molecule has 0 aromatic heterocycles. The number of nitrogens with zero attached hydrogens (tertiary/aromatic N) is 2. The first-order valence-corrected chi connectivity index (χ1v) is 11.9. The number of aliphatic carboxylic acids is 1. The molecule has 2 aliphatic rings. The lowest BCUT2D eigenvalue weighted by Gasteiger charge is -2.23. The summed E-state index contributed by atoms with van der Waals surface area (Å²) in [7, 11) is 0. The van der Waals surface area contributed by atoms with Crippen LogP contribution < -0.4 is 26.6 Å². The highest BCUT2D eigenvalue weighted by molar-refractivity contribution is 5.97. The van der Waals surface area contributed by atoms with Crippen LogP contribution in [0.5, 0.6) is 0 Å². The van der Waals surface area contributed by atoms with E-state index >= 15 is 0 Å². The third-order valence-corrected chi connectivity index (χ3v) is 5.72. The second kappa shape index (κ2) is 12.2. The number of benzene rings is 1. The van der Waals surface area contributed by atoms with Crippen LogP contribution in [-0.4, -0.2) is 71.3 Å². The van der Waals surface area contributed by atoms with Gasteiger partial charge < -0.3 is 41.9 Å². The molecule has 1 unspecified atom stereocenters. The maximum Gasteiger partial charge on any atom is 0.305 e. The van der Waals surface area contributed by atoms with Gasteiger partial charge in [-0.05, 0) is 43.2 Å². The van der Waals surface area contributed by atoms with Crippen molar-refractivity contribution >= 4 is 23.7 Å². The highest BCUT2D eigenvalue weighted by Gasteiger charge is 2.24. The van der Waals surface area contributed by atoms with Crippen molar-refractivity contribution in [1.29, 1.82) is 5.26 Å². The Hall–Kier alpha value is -4.41. The molecule has 1 aromatic carbocycles. The average Bonchev–Trinajstić information content (AvgIpc) is 2.87. The SMILES string of the molecule is CC(C)(O)c1cc(C#N)cc([C@H](CC(=O)O)NC(=O)CNC(=O)C2=CC(NC3=NCC(O)CN3)=CNC2)c1. The first kappa shape index (κ1) is 28.2. The van der Waals surface area contributed by atoms with Crippen LogP contribution in [0.1, 0.15) is 43.0 Å². The highest BCUT2D eigenvalue weighted by Crippen LogP contribution is 2.26. The summed E-state index contributed by atoms with van der Waals surface area (Å²) in [6.07, 6.45) is 2.23. The largest absolute Gasteiger partial charge is 0.481 e. The molecule has 2 aliphatic heterocycles. The van der Waals surface area contributed by atoms with Gasteiger partial charge in [-0.15, -0.1) is 0 Å². The van der Waals surface area contributed by atoms with E-state index in [0.29, 0.717) is 34.9 Å². The summed E-state index contributed by atoms with van der Waals surface area (Å²) >= 11 is 0. The van der Waals surface area contributed by atoms with E-state index in [9.17, 15) is 35.0 Å². The number of carbonyl (C=O) groups excluding carboxylic acids is 2. The molecule has 0 fully saturated rings. The van der Waals surface area contributed by atoms with Crippen molar-refractivity contribution in [1.82, 2.24) is 26.6 Å². The number of hydrogen-bond acceptors (Lipinski definition) is 10. The van der Waals surface area contributed by atoms with Gasteiger partial charge in [0, 0.05) is 24.9 Å². The quantitative estimate of drug-likeness (QED) is 0.193. The van der Waals surface area contributed by atoms with E-state index in [4.69, 9.17) is 0 Å². The van der Waals surface area contributed by atoms with Crippen LogP contribution in [0, 0.1) is 11.3 Å². The normalized spacial score (nSPS) is 17.8. The van der Waals surface area contributed by atoms with Gasteiger partial charge in [0.05, 0.1) is 54.6 Å². The zero-order valence-electron chi connectivity index (χ0n) is 21.0. The Morgan fingerprint density at radius 1 is 1.29 bits per heavy atom. The third-order valence-electron chi connectivity index (χ3n) is 5.72. The Bertz CT molecular complexity index is 1230. The molecule has 0 aliphatic carbocycles. The number of carbonyl (C=O) groups is 3. The van der Waals surface area contributed by atoms with Gasteiger partial charge in [-0.2, -0.15) is 5.26 Å². The van der Waals surface area contributed by atoms with Gasteiger partial charge in [0.15, 0.2) is 5.96 Å². The van der Waals surface area contributed by atoms with Gasteiger partial charge in [0.25, 0.3) is 0 Å². The Labute approximate surface area is 219 Å². The molecule has 0 spiro atoms. The average molecular weight is 526 g/mol. The maximum atomic E-state index is 12.7. The fourth-order valence-corrected chi connectivity index (χ4v) is 3.74. The molecule has 1 aromatic rings. The van der Waals surface area contributed by atoms with E-state index in [0.717, 1.165) is 0 Å². The minimum atomic E-state index is -1.29. The molecule has 0 bridgehead atoms. The molecular formula is C25H31N7O6. The molecule has 0 saturated carbocycles. The number of β-amino-alcohol motifs (C(OH)–C–C–N with tert-alkyl or cyclic N) is 1. The number of aliphatic hydroxyl groups excluding tert-OH is 1. The molecule has 202 valence electrons. The molecule has 38 heavy (non-hydrogen) atoms. The highest BCUT2D eigenvalue weighted by atomic mass is 16.4. The van der Waals surface area contributed by atoms with Gasteiger partial charge in [0.1, 0.15) is 0 Å². The smallest absolute Gasteiger partial charge is 0.305 e. The van der Waals surface area contributed by atoms with Crippen molar-refractivity contribution in [3.8, 4) is 6.07 Å². The summed E-state index contributed by atoms with van der Waals surface area (Å²) < 4.78 is 0. The predicted molar refractivity (Wildman–Crippen MR) is 136 cm³/mol. The fraction of sp³-hybridized carbons (Fsp3) is 0.400. The Morgan fingerprint density at radius 2 is 2.05 bits per heavy atom. The molecular weight excluding hydrogens is 494 g/mol. The Balaban J connectivity index is 1.64. The third kappa shape index (κ3) is 8.05. The number of guanidine groups is 1. The minimum absolute atomic E-state index is 0.206. The Kier molecular flexibility index (Phi) is 9.06. The summed E-state index contributed by atoms with van der Waals surface area (Å²) in [5, 5.41) is 52.6. The number of allylic oxidation sites excluding steroid dienone is 1.